The summed E-state index contributed by atoms with van der Waals surface area (Å²) >= 11 is 0. The molecule has 6 nitrogen and oxygen atoms in total. The van der Waals surface area contributed by atoms with Crippen molar-refractivity contribution in [1.82, 2.24) is 9.97 Å². The van der Waals surface area contributed by atoms with E-state index in [1.54, 1.807) is 12.1 Å². The number of hydrogen-bond acceptors (Lipinski definition) is 6. The molecule has 0 aliphatic rings. The summed E-state index contributed by atoms with van der Waals surface area (Å²) in [4.78, 5) is 34.8. The van der Waals surface area contributed by atoms with E-state index >= 15 is 0 Å². The van der Waals surface area contributed by atoms with Gasteiger partial charge in [0.2, 0.25) is 0 Å². The van der Waals surface area contributed by atoms with Gasteiger partial charge in [-0.2, -0.15) is 0 Å². The highest BCUT2D eigenvalue weighted by atomic mass is 16.4. The highest BCUT2D eigenvalue weighted by molar-refractivity contribution is 6.07. The van der Waals surface area contributed by atoms with Gasteiger partial charge in [-0.3, -0.25) is 9.97 Å². The molecule has 7 rings (SSSR count). The molecule has 0 amide bonds. The van der Waals surface area contributed by atoms with Crippen LogP contribution in [-0.4, -0.2) is 9.97 Å². The Morgan fingerprint density at radius 1 is 0.600 bits per heavy atom. The molecule has 7 aromatic rings. The lowest BCUT2D eigenvalue weighted by Crippen LogP contribution is -2.10. The van der Waals surface area contributed by atoms with Crippen molar-refractivity contribution < 1.29 is 8.83 Å². The zero-order valence-electron chi connectivity index (χ0n) is 22.2. The number of benzene rings is 4. The first-order chi connectivity index (χ1) is 19.3. The first-order valence-electron chi connectivity index (χ1n) is 13.1. The zero-order valence-corrected chi connectivity index (χ0v) is 22.2. The Balaban J connectivity index is 1.31. The van der Waals surface area contributed by atoms with E-state index in [2.05, 4.69) is 48.9 Å². The van der Waals surface area contributed by atoms with E-state index in [4.69, 9.17) is 8.83 Å². The van der Waals surface area contributed by atoms with Crippen LogP contribution in [0.5, 0.6) is 0 Å². The van der Waals surface area contributed by atoms with Gasteiger partial charge < -0.3 is 8.83 Å². The second-order valence-electron chi connectivity index (χ2n) is 11.1. The van der Waals surface area contributed by atoms with E-state index in [0.717, 1.165) is 32.3 Å². The van der Waals surface area contributed by atoms with Gasteiger partial charge >= 0.3 is 11.3 Å². The minimum absolute atomic E-state index is 0.0188. The summed E-state index contributed by atoms with van der Waals surface area (Å²) in [7, 11) is 0. The van der Waals surface area contributed by atoms with Crippen LogP contribution in [0.2, 0.25) is 0 Å². The highest BCUT2D eigenvalue weighted by Crippen LogP contribution is 2.32. The molecule has 0 aliphatic carbocycles. The van der Waals surface area contributed by atoms with Crippen molar-refractivity contribution in [2.75, 3.05) is 0 Å². The molecule has 0 bridgehead atoms. The van der Waals surface area contributed by atoms with Gasteiger partial charge in [-0.1, -0.05) is 81.4 Å². The maximum atomic E-state index is 12.9. The van der Waals surface area contributed by atoms with Crippen LogP contribution in [-0.2, 0) is 5.41 Å². The quantitative estimate of drug-likeness (QED) is 0.171. The van der Waals surface area contributed by atoms with Gasteiger partial charge in [-0.15, -0.1) is 0 Å². The van der Waals surface area contributed by atoms with Crippen LogP contribution in [0.25, 0.3) is 66.0 Å². The molecule has 3 aromatic heterocycles. The Labute approximate surface area is 228 Å². The monoisotopic (exact) mass is 524 g/mol. The molecule has 0 saturated carbocycles. The molecular weight excluding hydrogens is 500 g/mol. The molecule has 0 saturated heterocycles. The van der Waals surface area contributed by atoms with Crippen LogP contribution in [0.1, 0.15) is 26.3 Å². The molecule has 0 unspecified atom stereocenters. The first kappa shape index (κ1) is 24.0. The fraction of sp³-hybridized carbons (Fsp3) is 0.118. The number of hydrogen-bond donors (Lipinski definition) is 0. The Hall–Kier alpha value is -5.10. The van der Waals surface area contributed by atoms with Gasteiger partial charge in [-0.05, 0) is 45.3 Å². The first-order valence-corrected chi connectivity index (χ1v) is 13.1. The van der Waals surface area contributed by atoms with Crippen molar-refractivity contribution >= 4 is 43.5 Å². The number of aromatic nitrogens is 2. The Bertz CT molecular complexity index is 2240. The molecule has 6 heteroatoms. The van der Waals surface area contributed by atoms with Gasteiger partial charge in [0.1, 0.15) is 11.2 Å². The Morgan fingerprint density at radius 3 is 2.02 bits per heavy atom. The Morgan fingerprint density at radius 2 is 1.27 bits per heavy atom. The fourth-order valence-electron chi connectivity index (χ4n) is 5.21. The lowest BCUT2D eigenvalue weighted by atomic mass is 9.85. The van der Waals surface area contributed by atoms with E-state index in [-0.39, 0.29) is 5.41 Å². The summed E-state index contributed by atoms with van der Waals surface area (Å²) < 4.78 is 11.4. The molecule has 0 spiro atoms. The van der Waals surface area contributed by atoms with Crippen LogP contribution in [0.3, 0.4) is 0 Å². The molecule has 4 aromatic carbocycles. The number of fused-ring (bicyclic) bond motifs is 6. The van der Waals surface area contributed by atoms with E-state index in [1.807, 2.05) is 48.5 Å². The summed E-state index contributed by atoms with van der Waals surface area (Å²) in [6, 6.07) is 25.4. The average Bonchev–Trinajstić information content (AvgIpc) is 2.96. The average molecular weight is 525 g/mol. The van der Waals surface area contributed by atoms with Gasteiger partial charge in [0.15, 0.2) is 0 Å². The highest BCUT2D eigenvalue weighted by Gasteiger charge is 2.17. The smallest absolute Gasteiger partial charge is 0.345 e. The Kier molecular flexibility index (Phi) is 5.22. The second kappa shape index (κ2) is 8.71. The van der Waals surface area contributed by atoms with Crippen LogP contribution >= 0.6 is 0 Å². The topological polar surface area (TPSA) is 86.2 Å². The summed E-state index contributed by atoms with van der Waals surface area (Å²) in [5.41, 5.74) is 2.60. The zero-order chi connectivity index (χ0) is 27.6. The number of nitrogens with zero attached hydrogens (tertiary/aromatic N) is 2. The maximum Gasteiger partial charge on any atom is 0.345 e. The van der Waals surface area contributed by atoms with Crippen LogP contribution in [0.15, 0.2) is 110 Å². The van der Waals surface area contributed by atoms with E-state index in [1.165, 1.54) is 18.0 Å². The minimum atomic E-state index is -0.503. The summed E-state index contributed by atoms with van der Waals surface area (Å²) in [6.45, 7) is 6.54. The van der Waals surface area contributed by atoms with Crippen LogP contribution < -0.4 is 11.3 Å². The van der Waals surface area contributed by atoms with E-state index in [0.29, 0.717) is 33.7 Å². The second-order valence-corrected chi connectivity index (χ2v) is 11.1. The largest absolute Gasteiger partial charge is 0.422 e. The summed E-state index contributed by atoms with van der Waals surface area (Å²) in [5.74, 6) is 0. The maximum absolute atomic E-state index is 12.9. The van der Waals surface area contributed by atoms with Crippen molar-refractivity contribution in [2.24, 2.45) is 0 Å². The van der Waals surface area contributed by atoms with Gasteiger partial charge in [0.25, 0.3) is 0 Å². The molecule has 40 heavy (non-hydrogen) atoms. The van der Waals surface area contributed by atoms with Gasteiger partial charge in [0, 0.05) is 16.2 Å². The van der Waals surface area contributed by atoms with Crippen LogP contribution in [0.4, 0.5) is 0 Å². The SMILES string of the molecule is CC(C)(C)c1ccc2c(ccc3oc(=O)c(-c4cnc(-c5cc6ccc7ccccc7c6oc5=O)cn4)cc32)c1. The number of rotatable bonds is 2. The van der Waals surface area contributed by atoms with Gasteiger partial charge in [0.05, 0.1) is 34.9 Å². The molecule has 0 atom stereocenters. The predicted octanol–water partition coefficient (Wildman–Crippen LogP) is 7.63. The van der Waals surface area contributed by atoms with E-state index in [9.17, 15) is 9.59 Å². The standard InChI is InChI=1S/C34H24N2O4/c1-34(2,3)22-11-12-23-20(14-22)10-13-30-25(23)16-27(32(37)39-30)29-18-35-28(17-36-29)26-15-21-9-8-19-6-4-5-7-24(19)31(21)40-33(26)38/h4-18H,1-3H3. The molecule has 0 fully saturated rings. The molecule has 0 N–H and O–H groups in total. The molecule has 194 valence electrons. The van der Waals surface area contributed by atoms with Crippen LogP contribution in [0, 0.1) is 0 Å². The van der Waals surface area contributed by atoms with Crippen molar-refractivity contribution in [1.29, 1.82) is 0 Å². The third kappa shape index (κ3) is 3.88. The molecule has 0 aliphatic heterocycles. The lowest BCUT2D eigenvalue weighted by molar-refractivity contribution is 0.563. The normalized spacial score (nSPS) is 12.1. The third-order valence-corrected chi connectivity index (χ3v) is 7.43. The summed E-state index contributed by atoms with van der Waals surface area (Å²) in [5, 5.41) is 5.52. The predicted molar refractivity (Wildman–Crippen MR) is 159 cm³/mol. The summed E-state index contributed by atoms with van der Waals surface area (Å²) in [6.07, 6.45) is 2.97. The third-order valence-electron chi connectivity index (χ3n) is 7.43. The van der Waals surface area contributed by atoms with Gasteiger partial charge in [-0.25, -0.2) is 9.59 Å². The van der Waals surface area contributed by atoms with E-state index < -0.39 is 11.3 Å². The minimum Gasteiger partial charge on any atom is -0.422 e. The fourth-order valence-corrected chi connectivity index (χ4v) is 5.21. The lowest BCUT2D eigenvalue weighted by Gasteiger charge is -2.19. The molecule has 0 radical (unpaired) electrons. The van der Waals surface area contributed by atoms with Crippen molar-refractivity contribution in [3.63, 3.8) is 0 Å². The van der Waals surface area contributed by atoms with Crippen molar-refractivity contribution in [3.8, 4) is 22.5 Å². The van der Waals surface area contributed by atoms with Crippen molar-refractivity contribution in [2.45, 2.75) is 26.2 Å². The molecular formula is C34H24N2O4. The molecule has 3 heterocycles. The van der Waals surface area contributed by atoms with Crippen molar-refractivity contribution in [3.05, 3.63) is 118 Å².